The molecular formula is C39H50FN5O5S. The lowest BCUT2D eigenvalue weighted by molar-refractivity contribution is -0.132. The van der Waals surface area contributed by atoms with E-state index < -0.39 is 51.0 Å². The molecule has 1 aromatic heterocycles. The first-order valence-corrected chi connectivity index (χ1v) is 18.9. The van der Waals surface area contributed by atoms with Crippen molar-refractivity contribution in [2.75, 3.05) is 19.6 Å². The lowest BCUT2D eigenvalue weighted by atomic mass is 9.85. The van der Waals surface area contributed by atoms with Crippen LogP contribution in [0.4, 0.5) is 4.39 Å². The van der Waals surface area contributed by atoms with E-state index in [1.54, 1.807) is 30.5 Å². The van der Waals surface area contributed by atoms with Crippen LogP contribution >= 0.6 is 0 Å². The predicted octanol–water partition coefficient (Wildman–Crippen LogP) is 4.85. The van der Waals surface area contributed by atoms with Crippen LogP contribution in [0.25, 0.3) is 10.9 Å². The van der Waals surface area contributed by atoms with E-state index in [1.165, 1.54) is 16.4 Å². The maximum Gasteiger partial charge on any atom is 0.243 e. The number of hydrogen-bond donors (Lipinski definition) is 5. The van der Waals surface area contributed by atoms with Crippen molar-refractivity contribution < 1.29 is 27.5 Å². The van der Waals surface area contributed by atoms with Crippen molar-refractivity contribution in [1.82, 2.24) is 25.2 Å². The SMILES string of the molecule is CC(C)CN(CC(O)C(Cc1ccccc1)NC(=O)C(NC(=O)CNC1(c2cccc(F)c2)CC1)C(C)(C)C)S(=O)(=O)c1ccc2cc[nH]c2c1. The molecule has 1 fully saturated rings. The molecule has 1 aliphatic carbocycles. The maximum absolute atomic E-state index is 14.0. The molecular weight excluding hydrogens is 670 g/mol. The van der Waals surface area contributed by atoms with E-state index in [1.807, 2.05) is 77.1 Å². The molecule has 1 saturated carbocycles. The molecule has 5 rings (SSSR count). The number of halogens is 1. The van der Waals surface area contributed by atoms with Crippen molar-refractivity contribution >= 4 is 32.7 Å². The number of nitrogens with zero attached hydrogens (tertiary/aromatic N) is 1. The molecule has 3 aromatic carbocycles. The van der Waals surface area contributed by atoms with Crippen molar-refractivity contribution in [3.05, 3.63) is 102 Å². The molecule has 3 atom stereocenters. The Labute approximate surface area is 300 Å². The van der Waals surface area contributed by atoms with Crippen LogP contribution in [0.5, 0.6) is 0 Å². The van der Waals surface area contributed by atoms with Gasteiger partial charge in [-0.2, -0.15) is 4.31 Å². The highest BCUT2D eigenvalue weighted by molar-refractivity contribution is 7.89. The largest absolute Gasteiger partial charge is 0.390 e. The lowest BCUT2D eigenvalue weighted by Crippen LogP contribution is -2.59. The van der Waals surface area contributed by atoms with E-state index in [-0.39, 0.29) is 42.7 Å². The minimum atomic E-state index is -4.03. The van der Waals surface area contributed by atoms with Gasteiger partial charge in [0.05, 0.1) is 23.6 Å². The van der Waals surface area contributed by atoms with Crippen molar-refractivity contribution in [2.24, 2.45) is 11.3 Å². The van der Waals surface area contributed by atoms with Gasteiger partial charge < -0.3 is 20.7 Å². The quantitative estimate of drug-likeness (QED) is 0.112. The molecule has 3 unspecified atom stereocenters. The molecule has 51 heavy (non-hydrogen) atoms. The molecule has 4 aromatic rings. The summed E-state index contributed by atoms with van der Waals surface area (Å²) < 4.78 is 43.2. The third-order valence-corrected chi connectivity index (χ3v) is 11.2. The Morgan fingerprint density at radius 3 is 2.33 bits per heavy atom. The van der Waals surface area contributed by atoms with Crippen LogP contribution in [0, 0.1) is 17.2 Å². The summed E-state index contributed by atoms with van der Waals surface area (Å²) in [5.74, 6) is -1.29. The Kier molecular flexibility index (Phi) is 11.7. The summed E-state index contributed by atoms with van der Waals surface area (Å²) in [6.07, 6.45) is 2.19. The molecule has 10 nitrogen and oxygen atoms in total. The van der Waals surface area contributed by atoms with Gasteiger partial charge in [-0.1, -0.05) is 83.1 Å². The van der Waals surface area contributed by atoms with Crippen LogP contribution in [0.3, 0.4) is 0 Å². The Bertz CT molecular complexity index is 1920. The van der Waals surface area contributed by atoms with Gasteiger partial charge in [-0.15, -0.1) is 0 Å². The van der Waals surface area contributed by atoms with Gasteiger partial charge in [-0.25, -0.2) is 12.8 Å². The van der Waals surface area contributed by atoms with E-state index >= 15 is 0 Å². The zero-order valence-electron chi connectivity index (χ0n) is 29.9. The summed E-state index contributed by atoms with van der Waals surface area (Å²) in [4.78, 5) is 30.5. The van der Waals surface area contributed by atoms with E-state index in [4.69, 9.17) is 0 Å². The zero-order chi connectivity index (χ0) is 37.0. The first-order chi connectivity index (χ1) is 24.1. The highest BCUT2D eigenvalue weighted by Gasteiger charge is 2.45. The first-order valence-electron chi connectivity index (χ1n) is 17.5. The lowest BCUT2D eigenvalue weighted by Gasteiger charge is -2.34. The smallest absolute Gasteiger partial charge is 0.243 e. The number of aromatic nitrogens is 1. The van der Waals surface area contributed by atoms with Crippen LogP contribution < -0.4 is 16.0 Å². The van der Waals surface area contributed by atoms with E-state index in [2.05, 4.69) is 20.9 Å². The fraction of sp³-hybridized carbons (Fsp3) is 0.436. The summed E-state index contributed by atoms with van der Waals surface area (Å²) in [6.45, 7) is 9.12. The summed E-state index contributed by atoms with van der Waals surface area (Å²) >= 11 is 0. The van der Waals surface area contributed by atoms with Gasteiger partial charge in [-0.05, 0) is 77.4 Å². The summed E-state index contributed by atoms with van der Waals surface area (Å²) in [6, 6.07) is 20.5. The number of benzene rings is 3. The van der Waals surface area contributed by atoms with Gasteiger partial charge in [0.2, 0.25) is 21.8 Å². The number of hydrogen-bond acceptors (Lipinski definition) is 6. The van der Waals surface area contributed by atoms with Crippen LogP contribution in [0.15, 0.2) is 90.0 Å². The topological polar surface area (TPSA) is 144 Å². The molecule has 0 aliphatic heterocycles. The third-order valence-electron chi connectivity index (χ3n) is 9.36. The second-order valence-electron chi connectivity index (χ2n) is 15.1. The summed E-state index contributed by atoms with van der Waals surface area (Å²) in [7, 11) is -4.03. The monoisotopic (exact) mass is 719 g/mol. The zero-order valence-corrected chi connectivity index (χ0v) is 30.8. The number of aliphatic hydroxyl groups is 1. The van der Waals surface area contributed by atoms with Gasteiger partial charge in [0.1, 0.15) is 11.9 Å². The number of carbonyl (C=O) groups excluding carboxylic acids is 2. The van der Waals surface area contributed by atoms with Crippen LogP contribution in [-0.4, -0.2) is 72.4 Å². The molecule has 1 heterocycles. The first kappa shape index (κ1) is 38.1. The fourth-order valence-electron chi connectivity index (χ4n) is 6.38. The van der Waals surface area contributed by atoms with Crippen molar-refractivity contribution in [2.45, 2.75) is 82.5 Å². The van der Waals surface area contributed by atoms with E-state index in [9.17, 15) is 27.5 Å². The average Bonchev–Trinajstić information content (AvgIpc) is 3.72. The average molecular weight is 720 g/mol. The Morgan fingerprint density at radius 2 is 1.69 bits per heavy atom. The molecule has 274 valence electrons. The van der Waals surface area contributed by atoms with Crippen LogP contribution in [0.2, 0.25) is 0 Å². The minimum absolute atomic E-state index is 0.0480. The fourth-order valence-corrected chi connectivity index (χ4v) is 8.03. The number of aliphatic hydroxyl groups excluding tert-OH is 1. The number of fused-ring (bicyclic) bond motifs is 1. The highest BCUT2D eigenvalue weighted by Crippen LogP contribution is 2.45. The van der Waals surface area contributed by atoms with Gasteiger partial charge in [0.25, 0.3) is 0 Å². The Balaban J connectivity index is 1.33. The summed E-state index contributed by atoms with van der Waals surface area (Å²) in [5.41, 5.74) is 1.09. The second kappa shape index (κ2) is 15.6. The van der Waals surface area contributed by atoms with E-state index in [0.717, 1.165) is 29.4 Å². The molecule has 0 bridgehead atoms. The van der Waals surface area contributed by atoms with Gasteiger partial charge in [-0.3, -0.25) is 14.9 Å². The van der Waals surface area contributed by atoms with Gasteiger partial charge in [0, 0.05) is 30.3 Å². The summed E-state index contributed by atoms with van der Waals surface area (Å²) in [5, 5.41) is 21.8. The van der Waals surface area contributed by atoms with Crippen LogP contribution in [-0.2, 0) is 31.6 Å². The molecule has 0 radical (unpaired) electrons. The molecule has 2 amide bonds. The highest BCUT2D eigenvalue weighted by atomic mass is 32.2. The van der Waals surface area contributed by atoms with Crippen molar-refractivity contribution in [1.29, 1.82) is 0 Å². The number of aromatic amines is 1. The number of carbonyl (C=O) groups is 2. The predicted molar refractivity (Wildman–Crippen MR) is 197 cm³/mol. The Hall–Kier alpha value is -4.10. The third kappa shape index (κ3) is 9.62. The molecule has 5 N–H and O–H groups in total. The number of sulfonamides is 1. The molecule has 0 saturated heterocycles. The van der Waals surface area contributed by atoms with E-state index in [0.29, 0.717) is 5.52 Å². The molecule has 12 heteroatoms. The standard InChI is InChI=1S/C39H50FN5O5S/c1-26(2)24-45(51(49,50)31-15-14-28-16-19-41-32(28)22-31)25-34(46)33(20-27-10-7-6-8-11-27)43-37(48)36(38(3,4)5)44-35(47)23-42-39(17-18-39)29-12-9-13-30(40)21-29/h6-16,19,21-22,26,33-34,36,41-42,46H,17-18,20,23-25H2,1-5H3,(H,43,48)(H,44,47). The molecule has 1 aliphatic rings. The Morgan fingerprint density at radius 1 is 0.961 bits per heavy atom. The van der Waals surface area contributed by atoms with Crippen LogP contribution in [0.1, 0.15) is 58.6 Å². The van der Waals surface area contributed by atoms with Crippen molar-refractivity contribution in [3.63, 3.8) is 0 Å². The number of rotatable bonds is 16. The maximum atomic E-state index is 14.0. The minimum Gasteiger partial charge on any atom is -0.390 e. The van der Waals surface area contributed by atoms with Gasteiger partial charge in [0.15, 0.2) is 0 Å². The molecule has 0 spiro atoms. The number of amides is 2. The number of nitrogens with one attached hydrogen (secondary N) is 4. The van der Waals surface area contributed by atoms with Crippen molar-refractivity contribution in [3.8, 4) is 0 Å². The second-order valence-corrected chi connectivity index (χ2v) is 17.1. The number of H-pyrrole nitrogens is 1. The van der Waals surface area contributed by atoms with Gasteiger partial charge >= 0.3 is 0 Å². The normalized spacial score (nSPS) is 16.2.